The number of aliphatic hydroxyl groups excluding tert-OH is 1. The van der Waals surface area contributed by atoms with Crippen LogP contribution in [0.5, 0.6) is 0 Å². The molecular formula is C14H19ClN2O3. The summed E-state index contributed by atoms with van der Waals surface area (Å²) in [4.78, 5) is 23.2. The molecule has 0 spiro atoms. The zero-order valence-electron chi connectivity index (χ0n) is 11.5. The lowest BCUT2D eigenvalue weighted by Crippen LogP contribution is -2.39. The Morgan fingerprint density at radius 1 is 1.30 bits per heavy atom. The zero-order chi connectivity index (χ0) is 15.1. The Kier molecular flexibility index (Phi) is 6.48. The molecule has 20 heavy (non-hydrogen) atoms. The van der Waals surface area contributed by atoms with Crippen molar-refractivity contribution in [2.75, 3.05) is 11.9 Å². The molecule has 1 aromatic carbocycles. The van der Waals surface area contributed by atoms with Crippen LogP contribution in [0.4, 0.5) is 5.69 Å². The van der Waals surface area contributed by atoms with Crippen LogP contribution in [0, 0.1) is 5.92 Å². The highest BCUT2D eigenvalue weighted by molar-refractivity contribution is 6.39. The zero-order valence-corrected chi connectivity index (χ0v) is 12.3. The van der Waals surface area contributed by atoms with Crippen molar-refractivity contribution < 1.29 is 14.7 Å². The molecular weight excluding hydrogens is 280 g/mol. The van der Waals surface area contributed by atoms with Crippen LogP contribution in [-0.2, 0) is 9.59 Å². The van der Waals surface area contributed by atoms with Gasteiger partial charge >= 0.3 is 11.8 Å². The molecule has 0 aliphatic rings. The first-order valence-electron chi connectivity index (χ1n) is 6.41. The van der Waals surface area contributed by atoms with Crippen LogP contribution in [-0.4, -0.2) is 29.6 Å². The predicted molar refractivity (Wildman–Crippen MR) is 78.6 cm³/mol. The van der Waals surface area contributed by atoms with E-state index in [9.17, 15) is 14.7 Å². The van der Waals surface area contributed by atoms with Crippen LogP contribution in [0.25, 0.3) is 0 Å². The van der Waals surface area contributed by atoms with Gasteiger partial charge in [-0.25, -0.2) is 0 Å². The van der Waals surface area contributed by atoms with E-state index < -0.39 is 17.9 Å². The summed E-state index contributed by atoms with van der Waals surface area (Å²) in [5, 5.41) is 14.9. The van der Waals surface area contributed by atoms with Crippen molar-refractivity contribution in [3.05, 3.63) is 29.3 Å². The van der Waals surface area contributed by atoms with Gasteiger partial charge in [-0.05, 0) is 30.5 Å². The van der Waals surface area contributed by atoms with Gasteiger partial charge in [-0.2, -0.15) is 0 Å². The lowest BCUT2D eigenvalue weighted by Gasteiger charge is -2.13. The van der Waals surface area contributed by atoms with Crippen LogP contribution in [0.15, 0.2) is 24.3 Å². The summed E-state index contributed by atoms with van der Waals surface area (Å²) in [6.45, 7) is 3.99. The Morgan fingerprint density at radius 2 is 2.00 bits per heavy atom. The maximum Gasteiger partial charge on any atom is 0.313 e. The van der Waals surface area contributed by atoms with Crippen molar-refractivity contribution in [1.29, 1.82) is 0 Å². The number of aliphatic hydroxyl groups is 1. The van der Waals surface area contributed by atoms with Gasteiger partial charge in [0.2, 0.25) is 0 Å². The Labute approximate surface area is 123 Å². The number of nitrogens with one attached hydrogen (secondary N) is 2. The van der Waals surface area contributed by atoms with E-state index in [2.05, 4.69) is 10.6 Å². The van der Waals surface area contributed by atoms with Crippen molar-refractivity contribution >= 4 is 29.1 Å². The summed E-state index contributed by atoms with van der Waals surface area (Å²) < 4.78 is 0. The number of hydrogen-bond acceptors (Lipinski definition) is 3. The highest BCUT2D eigenvalue weighted by Crippen LogP contribution is 2.14. The molecule has 1 atom stereocenters. The van der Waals surface area contributed by atoms with Crippen molar-refractivity contribution in [2.45, 2.75) is 26.4 Å². The van der Waals surface area contributed by atoms with E-state index in [1.807, 2.05) is 13.8 Å². The van der Waals surface area contributed by atoms with Crippen molar-refractivity contribution in [3.8, 4) is 0 Å². The van der Waals surface area contributed by atoms with Gasteiger partial charge in [0.25, 0.3) is 0 Å². The quantitative estimate of drug-likeness (QED) is 0.725. The van der Waals surface area contributed by atoms with E-state index in [4.69, 9.17) is 11.6 Å². The second kappa shape index (κ2) is 7.87. The van der Waals surface area contributed by atoms with E-state index in [1.54, 1.807) is 24.3 Å². The molecule has 0 heterocycles. The predicted octanol–water partition coefficient (Wildman–Crippen LogP) is 1.80. The first kappa shape index (κ1) is 16.5. The van der Waals surface area contributed by atoms with E-state index >= 15 is 0 Å². The van der Waals surface area contributed by atoms with Gasteiger partial charge in [0.1, 0.15) is 0 Å². The number of hydrogen-bond donors (Lipinski definition) is 3. The minimum Gasteiger partial charge on any atom is -0.391 e. The second-order valence-corrected chi connectivity index (χ2v) is 5.39. The molecule has 0 aliphatic heterocycles. The number of amides is 2. The highest BCUT2D eigenvalue weighted by atomic mass is 35.5. The molecule has 0 radical (unpaired) electrons. The van der Waals surface area contributed by atoms with E-state index in [1.165, 1.54) is 0 Å². The lowest BCUT2D eigenvalue weighted by molar-refractivity contribution is -0.136. The molecule has 0 fully saturated rings. The smallest absolute Gasteiger partial charge is 0.313 e. The molecule has 1 aromatic rings. The molecule has 0 aliphatic carbocycles. The molecule has 1 unspecified atom stereocenters. The third-order valence-electron chi connectivity index (χ3n) is 2.53. The van der Waals surface area contributed by atoms with Crippen LogP contribution in [0.1, 0.15) is 20.3 Å². The fourth-order valence-corrected chi connectivity index (χ4v) is 1.86. The van der Waals surface area contributed by atoms with Crippen LogP contribution in [0.2, 0.25) is 5.02 Å². The van der Waals surface area contributed by atoms with Gasteiger partial charge < -0.3 is 15.7 Å². The fraction of sp³-hybridized carbons (Fsp3) is 0.429. The molecule has 5 nitrogen and oxygen atoms in total. The third kappa shape index (κ3) is 6.04. The molecule has 0 saturated carbocycles. The molecule has 0 bridgehead atoms. The van der Waals surface area contributed by atoms with E-state index in [-0.39, 0.29) is 6.54 Å². The molecule has 110 valence electrons. The molecule has 1 rings (SSSR count). The summed E-state index contributed by atoms with van der Waals surface area (Å²) in [7, 11) is 0. The van der Waals surface area contributed by atoms with Gasteiger partial charge in [0.05, 0.1) is 6.10 Å². The average Bonchev–Trinajstić information content (AvgIpc) is 2.35. The molecule has 6 heteroatoms. The number of carbonyl (C=O) groups is 2. The topological polar surface area (TPSA) is 78.4 Å². The van der Waals surface area contributed by atoms with E-state index in [0.717, 1.165) is 0 Å². The van der Waals surface area contributed by atoms with E-state index in [0.29, 0.717) is 23.0 Å². The largest absolute Gasteiger partial charge is 0.391 e. The number of carbonyl (C=O) groups excluding carboxylic acids is 2. The maximum atomic E-state index is 11.6. The molecule has 2 amide bonds. The third-order valence-corrected chi connectivity index (χ3v) is 2.77. The SMILES string of the molecule is CC(C)CC(O)CNC(=O)C(=O)Nc1cccc(Cl)c1. The van der Waals surface area contributed by atoms with Crippen molar-refractivity contribution in [2.24, 2.45) is 5.92 Å². The monoisotopic (exact) mass is 298 g/mol. The number of rotatable bonds is 5. The van der Waals surface area contributed by atoms with Crippen molar-refractivity contribution in [3.63, 3.8) is 0 Å². The number of benzene rings is 1. The van der Waals surface area contributed by atoms with Gasteiger partial charge in [0.15, 0.2) is 0 Å². The molecule has 0 aromatic heterocycles. The average molecular weight is 299 g/mol. The Bertz CT molecular complexity index is 477. The Morgan fingerprint density at radius 3 is 2.60 bits per heavy atom. The number of anilines is 1. The first-order valence-corrected chi connectivity index (χ1v) is 6.79. The Hall–Kier alpha value is -1.59. The highest BCUT2D eigenvalue weighted by Gasteiger charge is 2.15. The van der Waals surface area contributed by atoms with Gasteiger partial charge in [-0.3, -0.25) is 9.59 Å². The normalized spacial score (nSPS) is 12.1. The van der Waals surface area contributed by atoms with Crippen molar-refractivity contribution in [1.82, 2.24) is 5.32 Å². The van der Waals surface area contributed by atoms with Crippen LogP contribution < -0.4 is 10.6 Å². The number of halogens is 1. The Balaban J connectivity index is 2.42. The second-order valence-electron chi connectivity index (χ2n) is 4.96. The van der Waals surface area contributed by atoms with Gasteiger partial charge in [0, 0.05) is 17.3 Å². The fourth-order valence-electron chi connectivity index (χ4n) is 1.67. The maximum absolute atomic E-state index is 11.6. The summed E-state index contributed by atoms with van der Waals surface area (Å²) >= 11 is 5.77. The lowest BCUT2D eigenvalue weighted by atomic mass is 10.1. The van der Waals surface area contributed by atoms with Crippen LogP contribution >= 0.6 is 11.6 Å². The minimum atomic E-state index is -0.788. The summed E-state index contributed by atoms with van der Waals surface area (Å²) in [6.07, 6.45) is -0.0890. The molecule has 3 N–H and O–H groups in total. The van der Waals surface area contributed by atoms with Gasteiger partial charge in [-0.1, -0.05) is 31.5 Å². The molecule has 0 saturated heterocycles. The van der Waals surface area contributed by atoms with Crippen LogP contribution in [0.3, 0.4) is 0 Å². The summed E-state index contributed by atoms with van der Waals surface area (Å²) in [5.74, 6) is -1.25. The summed E-state index contributed by atoms with van der Waals surface area (Å²) in [6, 6.07) is 6.51. The standard InChI is InChI=1S/C14H19ClN2O3/c1-9(2)6-12(18)8-16-13(19)14(20)17-11-5-3-4-10(15)7-11/h3-5,7,9,12,18H,6,8H2,1-2H3,(H,16,19)(H,17,20). The van der Waals surface area contributed by atoms with Gasteiger partial charge in [-0.15, -0.1) is 0 Å². The first-order chi connectivity index (χ1) is 9.38. The minimum absolute atomic E-state index is 0.0555. The summed E-state index contributed by atoms with van der Waals surface area (Å²) in [5.41, 5.74) is 0.445.